The maximum Gasteiger partial charge on any atom is 0.193 e. The lowest BCUT2D eigenvalue weighted by Crippen LogP contribution is -2.47. The summed E-state index contributed by atoms with van der Waals surface area (Å²) in [6.45, 7) is 10.6. The average Bonchev–Trinajstić information content (AvgIpc) is 2.61. The summed E-state index contributed by atoms with van der Waals surface area (Å²) in [7, 11) is 1.85. The predicted molar refractivity (Wildman–Crippen MR) is 104 cm³/mol. The van der Waals surface area contributed by atoms with Crippen LogP contribution in [0.2, 0.25) is 0 Å². The van der Waals surface area contributed by atoms with Gasteiger partial charge in [-0.05, 0) is 51.2 Å². The number of hydrogen-bond donors (Lipinski definition) is 1. The molecular formula is C20H33N3O2. The van der Waals surface area contributed by atoms with E-state index in [0.717, 1.165) is 57.2 Å². The van der Waals surface area contributed by atoms with Crippen LogP contribution in [-0.2, 0) is 4.74 Å². The molecule has 0 bridgehead atoms. The second-order valence-corrected chi connectivity index (χ2v) is 6.54. The van der Waals surface area contributed by atoms with Gasteiger partial charge in [-0.1, -0.05) is 18.2 Å². The zero-order valence-electron chi connectivity index (χ0n) is 16.2. The molecule has 0 unspecified atom stereocenters. The standard InChI is InChI=1S/C20H33N3O2/c1-5-24-18-10-13-23(14-11-18)20(21-4)22-12-7-15-25-19-16(2)8-6-9-17(19)3/h6,8-9,18H,5,7,10-15H2,1-4H3,(H,21,22). The van der Waals surface area contributed by atoms with Crippen LogP contribution in [0.25, 0.3) is 0 Å². The van der Waals surface area contributed by atoms with Gasteiger partial charge in [0.15, 0.2) is 5.96 Å². The second kappa shape index (κ2) is 10.3. The third-order valence-corrected chi connectivity index (χ3v) is 4.62. The molecule has 5 nitrogen and oxygen atoms in total. The van der Waals surface area contributed by atoms with Gasteiger partial charge in [0.2, 0.25) is 0 Å². The minimum atomic E-state index is 0.408. The number of piperidine rings is 1. The van der Waals surface area contributed by atoms with Crippen LogP contribution in [0.3, 0.4) is 0 Å². The van der Waals surface area contributed by atoms with Crippen LogP contribution in [0.4, 0.5) is 0 Å². The number of nitrogens with one attached hydrogen (secondary N) is 1. The number of hydrogen-bond acceptors (Lipinski definition) is 3. The SMILES string of the molecule is CCOC1CCN(C(=NC)NCCCOc2c(C)cccc2C)CC1. The van der Waals surface area contributed by atoms with E-state index in [2.05, 4.69) is 54.2 Å². The number of ether oxygens (including phenoxy) is 2. The largest absolute Gasteiger partial charge is 0.493 e. The summed E-state index contributed by atoms with van der Waals surface area (Å²) in [6, 6.07) is 6.25. The van der Waals surface area contributed by atoms with Crippen LogP contribution in [0.5, 0.6) is 5.75 Å². The van der Waals surface area contributed by atoms with E-state index in [0.29, 0.717) is 12.7 Å². The van der Waals surface area contributed by atoms with Crippen LogP contribution in [0.15, 0.2) is 23.2 Å². The Balaban J connectivity index is 1.68. The lowest BCUT2D eigenvalue weighted by Gasteiger charge is -2.34. The van der Waals surface area contributed by atoms with E-state index in [1.54, 1.807) is 0 Å². The molecule has 1 N–H and O–H groups in total. The minimum absolute atomic E-state index is 0.408. The van der Waals surface area contributed by atoms with E-state index in [1.165, 1.54) is 11.1 Å². The normalized spacial score (nSPS) is 16.2. The van der Waals surface area contributed by atoms with E-state index in [9.17, 15) is 0 Å². The molecule has 1 fully saturated rings. The van der Waals surface area contributed by atoms with Crippen molar-refractivity contribution in [2.75, 3.05) is 39.9 Å². The summed E-state index contributed by atoms with van der Waals surface area (Å²) in [4.78, 5) is 6.74. The van der Waals surface area contributed by atoms with Gasteiger partial charge in [-0.2, -0.15) is 0 Å². The van der Waals surface area contributed by atoms with Crippen LogP contribution < -0.4 is 10.1 Å². The van der Waals surface area contributed by atoms with E-state index >= 15 is 0 Å². The molecule has 1 aliphatic heterocycles. The molecule has 0 amide bonds. The molecule has 1 aromatic carbocycles. The molecule has 0 spiro atoms. The van der Waals surface area contributed by atoms with E-state index < -0.39 is 0 Å². The van der Waals surface area contributed by atoms with Gasteiger partial charge >= 0.3 is 0 Å². The van der Waals surface area contributed by atoms with Crippen LogP contribution in [0.1, 0.15) is 37.3 Å². The summed E-state index contributed by atoms with van der Waals surface area (Å²) >= 11 is 0. The number of rotatable bonds is 7. The fraction of sp³-hybridized carbons (Fsp3) is 0.650. The van der Waals surface area contributed by atoms with Gasteiger partial charge in [-0.3, -0.25) is 4.99 Å². The highest BCUT2D eigenvalue weighted by Gasteiger charge is 2.21. The quantitative estimate of drug-likeness (QED) is 0.468. The first-order valence-electron chi connectivity index (χ1n) is 9.42. The van der Waals surface area contributed by atoms with Gasteiger partial charge in [0.25, 0.3) is 0 Å². The fourth-order valence-corrected chi connectivity index (χ4v) is 3.28. The number of aliphatic imine (C=N–C) groups is 1. The smallest absolute Gasteiger partial charge is 0.193 e. The minimum Gasteiger partial charge on any atom is -0.493 e. The lowest BCUT2D eigenvalue weighted by molar-refractivity contribution is 0.0264. The fourth-order valence-electron chi connectivity index (χ4n) is 3.28. The third-order valence-electron chi connectivity index (χ3n) is 4.62. The Kier molecular flexibility index (Phi) is 8.06. The molecule has 0 radical (unpaired) electrons. The highest BCUT2D eigenvalue weighted by Crippen LogP contribution is 2.22. The van der Waals surface area contributed by atoms with Gasteiger partial charge < -0.3 is 19.7 Å². The van der Waals surface area contributed by atoms with Crippen LogP contribution in [0, 0.1) is 13.8 Å². The lowest BCUT2D eigenvalue weighted by atomic mass is 10.1. The first kappa shape index (κ1) is 19.6. The zero-order chi connectivity index (χ0) is 18.1. The van der Waals surface area contributed by atoms with Gasteiger partial charge in [0.05, 0.1) is 12.7 Å². The predicted octanol–water partition coefficient (Wildman–Crippen LogP) is 3.15. The number of para-hydroxylation sites is 1. The average molecular weight is 348 g/mol. The first-order chi connectivity index (χ1) is 12.2. The maximum absolute atomic E-state index is 5.96. The van der Waals surface area contributed by atoms with Crippen molar-refractivity contribution >= 4 is 5.96 Å². The van der Waals surface area contributed by atoms with E-state index in [1.807, 2.05) is 7.05 Å². The molecule has 5 heteroatoms. The zero-order valence-corrected chi connectivity index (χ0v) is 16.2. The molecule has 1 aliphatic rings. The Hall–Kier alpha value is -1.75. The van der Waals surface area contributed by atoms with Gasteiger partial charge in [-0.25, -0.2) is 0 Å². The molecule has 1 heterocycles. The highest BCUT2D eigenvalue weighted by molar-refractivity contribution is 5.79. The number of likely N-dealkylation sites (tertiary alicyclic amines) is 1. The number of aryl methyl sites for hydroxylation is 2. The first-order valence-corrected chi connectivity index (χ1v) is 9.42. The topological polar surface area (TPSA) is 46.1 Å². The monoisotopic (exact) mass is 347 g/mol. The van der Waals surface area contributed by atoms with Gasteiger partial charge in [0.1, 0.15) is 5.75 Å². The van der Waals surface area contributed by atoms with Crippen molar-refractivity contribution in [3.05, 3.63) is 29.3 Å². The van der Waals surface area contributed by atoms with Crippen molar-refractivity contribution in [2.24, 2.45) is 4.99 Å². The number of nitrogens with zero attached hydrogens (tertiary/aromatic N) is 2. The van der Waals surface area contributed by atoms with Crippen molar-refractivity contribution in [1.82, 2.24) is 10.2 Å². The van der Waals surface area contributed by atoms with Crippen LogP contribution >= 0.6 is 0 Å². The summed E-state index contributed by atoms with van der Waals surface area (Å²) in [5.41, 5.74) is 2.39. The maximum atomic E-state index is 5.96. The summed E-state index contributed by atoms with van der Waals surface area (Å²) in [5.74, 6) is 2.01. The Morgan fingerprint density at radius 1 is 1.24 bits per heavy atom. The molecule has 140 valence electrons. The molecule has 2 rings (SSSR count). The molecular weight excluding hydrogens is 314 g/mol. The Morgan fingerprint density at radius 3 is 2.52 bits per heavy atom. The third kappa shape index (κ3) is 5.92. The van der Waals surface area contributed by atoms with Crippen molar-refractivity contribution < 1.29 is 9.47 Å². The summed E-state index contributed by atoms with van der Waals surface area (Å²) in [5, 5.41) is 3.46. The van der Waals surface area contributed by atoms with Crippen molar-refractivity contribution in [3.63, 3.8) is 0 Å². The van der Waals surface area contributed by atoms with Crippen molar-refractivity contribution in [2.45, 2.75) is 46.1 Å². The Labute approximate surface area is 152 Å². The Bertz CT molecular complexity index is 532. The molecule has 0 saturated carbocycles. The van der Waals surface area contributed by atoms with Crippen molar-refractivity contribution in [3.8, 4) is 5.75 Å². The second-order valence-electron chi connectivity index (χ2n) is 6.54. The Morgan fingerprint density at radius 2 is 1.92 bits per heavy atom. The number of benzene rings is 1. The molecule has 0 aromatic heterocycles. The van der Waals surface area contributed by atoms with Crippen LogP contribution in [-0.4, -0.2) is 56.9 Å². The number of guanidine groups is 1. The van der Waals surface area contributed by atoms with Gasteiger partial charge in [0, 0.05) is 33.3 Å². The van der Waals surface area contributed by atoms with Crippen molar-refractivity contribution in [1.29, 1.82) is 0 Å². The molecule has 25 heavy (non-hydrogen) atoms. The summed E-state index contributed by atoms with van der Waals surface area (Å²) < 4.78 is 11.7. The van der Waals surface area contributed by atoms with E-state index in [-0.39, 0.29) is 0 Å². The molecule has 1 aromatic rings. The van der Waals surface area contributed by atoms with E-state index in [4.69, 9.17) is 9.47 Å². The molecule has 0 aliphatic carbocycles. The van der Waals surface area contributed by atoms with Gasteiger partial charge in [-0.15, -0.1) is 0 Å². The summed E-state index contributed by atoms with van der Waals surface area (Å²) in [6.07, 6.45) is 3.50. The molecule has 1 saturated heterocycles. The highest BCUT2D eigenvalue weighted by atomic mass is 16.5. The molecule has 0 atom stereocenters.